The Balaban J connectivity index is 0.759. The number of nitrogens with two attached hydrogens (primary N) is 1. The van der Waals surface area contributed by atoms with Crippen LogP contribution in [0.15, 0.2) is 103 Å². The minimum Gasteiger partial charge on any atom is -0.444 e. The molecule has 5 aromatic rings. The van der Waals surface area contributed by atoms with Gasteiger partial charge in [0.05, 0.1) is 24.0 Å². The van der Waals surface area contributed by atoms with Gasteiger partial charge in [0.15, 0.2) is 5.82 Å². The SMILES string of the molecule is CC(C)(C)OC(=O)NCC(=O)NCC(=O)NC(Cc1ccccc1)C(=O)NCC(=O)OCOC(=O)N(CCC#Cc1ccc2c(c1)CN(C1CCC(=O)NC1=O)C2=O)C1CCC(NC(=O)N2CCN(c3ccc(Nc4ncc(Cl)c(Nc5ccccc5C(N)=O)n4)cc3)CC2)CC1. The van der Waals surface area contributed by atoms with Gasteiger partial charge in [-0.25, -0.2) is 19.4 Å². The first-order chi connectivity index (χ1) is 46.5. The minimum absolute atomic E-state index is 0.00848. The topological polar surface area (TPSA) is 376 Å². The number of hydrogen-bond acceptors (Lipinski definition) is 19. The maximum absolute atomic E-state index is 14.0. The zero-order chi connectivity index (χ0) is 69.2. The van der Waals surface area contributed by atoms with E-state index < -0.39 is 91.8 Å². The smallest absolute Gasteiger partial charge is 0.412 e. The lowest BCUT2D eigenvalue weighted by atomic mass is 9.90. The number of halogens is 1. The number of benzene rings is 4. The molecular weight excluding hydrogens is 1270 g/mol. The molecule has 9 rings (SSSR count). The number of imide groups is 1. The third-order valence-electron chi connectivity index (χ3n) is 16.2. The minimum atomic E-state index is -1.21. The lowest BCUT2D eigenvalue weighted by molar-refractivity contribution is -0.152. The van der Waals surface area contributed by atoms with Crippen LogP contribution in [0.5, 0.6) is 0 Å². The Morgan fingerprint density at radius 2 is 1.53 bits per heavy atom. The number of fused-ring (bicyclic) bond motifs is 1. The Bertz CT molecular complexity index is 3830. The summed E-state index contributed by atoms with van der Waals surface area (Å²) in [5.41, 5.74) is 9.51. The lowest BCUT2D eigenvalue weighted by Gasteiger charge is -2.39. The van der Waals surface area contributed by atoms with Crippen molar-refractivity contribution in [2.75, 3.05) is 74.7 Å². The predicted molar refractivity (Wildman–Crippen MR) is 354 cm³/mol. The normalized spacial score (nSPS) is 16.9. The molecule has 0 radical (unpaired) electrons. The van der Waals surface area contributed by atoms with Crippen molar-refractivity contribution in [2.24, 2.45) is 5.73 Å². The van der Waals surface area contributed by atoms with Crippen LogP contribution in [0.1, 0.15) is 103 Å². The van der Waals surface area contributed by atoms with E-state index in [1.807, 2.05) is 24.3 Å². The number of anilines is 5. The molecule has 1 aromatic heterocycles. The van der Waals surface area contributed by atoms with Gasteiger partial charge in [-0.2, -0.15) is 4.98 Å². The number of ether oxygens (including phenoxy) is 3. The van der Waals surface area contributed by atoms with Gasteiger partial charge in [-0.1, -0.05) is 65.9 Å². The highest BCUT2D eigenvalue weighted by molar-refractivity contribution is 6.33. The summed E-state index contributed by atoms with van der Waals surface area (Å²) in [7, 11) is 0. The Morgan fingerprint density at radius 3 is 2.25 bits per heavy atom. The summed E-state index contributed by atoms with van der Waals surface area (Å²) in [6, 6.07) is 25.5. The third kappa shape index (κ3) is 20.3. The average Bonchev–Trinajstić information content (AvgIpc) is 1.63. The van der Waals surface area contributed by atoms with E-state index in [0.717, 1.165) is 5.69 Å². The molecule has 3 fully saturated rings. The van der Waals surface area contributed by atoms with Crippen LogP contribution in [0.4, 0.5) is 43.2 Å². The molecule has 0 spiro atoms. The van der Waals surface area contributed by atoms with Gasteiger partial charge in [0.2, 0.25) is 42.3 Å². The molecular formula is C67H76ClN15O14. The second-order valence-electron chi connectivity index (χ2n) is 24.2. The molecule has 3 aliphatic heterocycles. The zero-order valence-corrected chi connectivity index (χ0v) is 54.5. The molecule has 2 unspecified atom stereocenters. The molecule has 30 heteroatoms. The van der Waals surface area contributed by atoms with Crippen molar-refractivity contribution < 1.29 is 67.0 Å². The van der Waals surface area contributed by atoms with Gasteiger partial charge in [-0.15, -0.1) is 0 Å². The molecule has 4 aromatic carbocycles. The van der Waals surface area contributed by atoms with Crippen LogP contribution in [0, 0.1) is 11.8 Å². The number of amides is 11. The van der Waals surface area contributed by atoms with Crippen molar-refractivity contribution in [3.63, 3.8) is 0 Å². The van der Waals surface area contributed by atoms with Crippen LogP contribution in [0.25, 0.3) is 0 Å². The highest BCUT2D eigenvalue weighted by atomic mass is 35.5. The number of primary amides is 1. The van der Waals surface area contributed by atoms with Gasteiger partial charge in [-0.05, 0) is 119 Å². The van der Waals surface area contributed by atoms with Crippen molar-refractivity contribution in [1.29, 1.82) is 0 Å². The molecule has 10 N–H and O–H groups in total. The average molecular weight is 1350 g/mol. The number of nitrogens with zero attached hydrogens (tertiary/aromatic N) is 6. The van der Waals surface area contributed by atoms with E-state index in [1.54, 1.807) is 98.5 Å². The van der Waals surface area contributed by atoms with Gasteiger partial charge in [0, 0.05) is 93.1 Å². The summed E-state index contributed by atoms with van der Waals surface area (Å²) in [5.74, 6) is 1.78. The second kappa shape index (κ2) is 32.9. The highest BCUT2D eigenvalue weighted by Gasteiger charge is 2.39. The number of carbonyl (C=O) groups is 11. The van der Waals surface area contributed by atoms with Gasteiger partial charge in [0.1, 0.15) is 35.8 Å². The van der Waals surface area contributed by atoms with E-state index in [9.17, 15) is 52.7 Å². The molecule has 1 saturated carbocycles. The fourth-order valence-electron chi connectivity index (χ4n) is 11.3. The zero-order valence-electron chi connectivity index (χ0n) is 53.7. The number of carbonyl (C=O) groups excluding carboxylic acids is 11. The molecule has 2 atom stereocenters. The third-order valence-corrected chi connectivity index (χ3v) is 16.4. The fourth-order valence-corrected chi connectivity index (χ4v) is 11.4. The number of aromatic nitrogens is 2. The number of urea groups is 1. The molecule has 4 heterocycles. The molecule has 1 aliphatic carbocycles. The molecule has 11 amide bonds. The Labute approximate surface area is 564 Å². The molecule has 2 saturated heterocycles. The Kier molecular flexibility index (Phi) is 23.8. The van der Waals surface area contributed by atoms with Crippen LogP contribution >= 0.6 is 11.6 Å². The van der Waals surface area contributed by atoms with Crippen LogP contribution in [0.2, 0.25) is 5.02 Å². The summed E-state index contributed by atoms with van der Waals surface area (Å²) >= 11 is 6.40. The standard InChI is InChI=1S/C67H76ClN15O14/c1-67(2,3)97-65(93)73-36-55(85)70-37-56(86)76-52(34-41-11-5-4-6-12-41)60(89)71-38-57(87)95-40-96-66(94)82(28-10-9-13-42-16-25-48-43(33-42)39-83(62(48)91)53-26-27-54(84)78-61(53)90)47-23-19-45(20-24-47)75-64(92)81-31-29-80(30-32-81)46-21-17-44(18-22-46)74-63-72-35-50(68)59(79-63)77-51-15-8-7-14-49(51)58(69)88/h4-8,11-12,14-18,21-22,25,33,35,45,47,52-53H,10,19-20,23-24,26-32,34,36-40H2,1-3H3,(H2,69,88)(H,70,85)(H,71,89)(H,73,93)(H,75,92)(H,76,86)(H,78,84,90)(H2,72,74,77,79). The van der Waals surface area contributed by atoms with E-state index in [2.05, 4.69) is 69.2 Å². The summed E-state index contributed by atoms with van der Waals surface area (Å²) < 4.78 is 15.9. The quantitative estimate of drug-likeness (QED) is 0.0188. The van der Waals surface area contributed by atoms with E-state index >= 15 is 0 Å². The van der Waals surface area contributed by atoms with Gasteiger partial charge in [-0.3, -0.25) is 43.7 Å². The monoisotopic (exact) mass is 1350 g/mol. The first-order valence-corrected chi connectivity index (χ1v) is 32.0. The van der Waals surface area contributed by atoms with Crippen molar-refractivity contribution >= 4 is 106 Å². The first kappa shape index (κ1) is 70.3. The first-order valence-electron chi connectivity index (χ1n) is 31.6. The fraction of sp³-hybridized carbons (Fsp3) is 0.388. The van der Waals surface area contributed by atoms with E-state index in [0.29, 0.717) is 85.5 Å². The van der Waals surface area contributed by atoms with Gasteiger partial charge >= 0.3 is 24.2 Å². The second-order valence-corrected chi connectivity index (χ2v) is 24.7. The van der Waals surface area contributed by atoms with Crippen molar-refractivity contribution in [3.05, 3.63) is 136 Å². The summed E-state index contributed by atoms with van der Waals surface area (Å²) in [6.07, 6.45) is 2.36. The predicted octanol–water partition coefficient (Wildman–Crippen LogP) is 4.49. The number of esters is 1. The van der Waals surface area contributed by atoms with Crippen LogP contribution in [-0.4, -0.2) is 179 Å². The van der Waals surface area contributed by atoms with Crippen LogP contribution < -0.4 is 53.2 Å². The van der Waals surface area contributed by atoms with Crippen molar-refractivity contribution in [1.82, 2.24) is 56.6 Å². The van der Waals surface area contributed by atoms with Crippen molar-refractivity contribution in [2.45, 2.75) is 108 Å². The van der Waals surface area contributed by atoms with Crippen LogP contribution in [-0.2, 0) is 55.9 Å². The van der Waals surface area contributed by atoms with Gasteiger partial charge < -0.3 is 76.8 Å². The number of piperazine rings is 1. The largest absolute Gasteiger partial charge is 0.444 e. The van der Waals surface area contributed by atoms with Crippen molar-refractivity contribution in [3.8, 4) is 11.8 Å². The Hall–Kier alpha value is -11.0. The maximum atomic E-state index is 14.0. The lowest BCUT2D eigenvalue weighted by Crippen LogP contribution is -2.54. The molecule has 97 heavy (non-hydrogen) atoms. The highest BCUT2D eigenvalue weighted by Crippen LogP contribution is 2.31. The Morgan fingerprint density at radius 1 is 0.804 bits per heavy atom. The number of alkyl carbamates (subject to hydrolysis) is 1. The maximum Gasteiger partial charge on any atom is 0.412 e. The molecule has 0 bridgehead atoms. The summed E-state index contributed by atoms with van der Waals surface area (Å²) in [6.45, 7) is 4.82. The molecule has 510 valence electrons. The van der Waals surface area contributed by atoms with E-state index in [1.165, 1.54) is 16.0 Å². The van der Waals surface area contributed by atoms with E-state index in [4.69, 9.17) is 31.5 Å². The molecule has 4 aliphatic rings. The summed E-state index contributed by atoms with van der Waals surface area (Å²) in [4.78, 5) is 157. The van der Waals surface area contributed by atoms with E-state index in [-0.39, 0.29) is 91.1 Å². The molecule has 29 nitrogen and oxygen atoms in total. The summed E-state index contributed by atoms with van der Waals surface area (Å²) in [5, 5.41) is 21.6. The number of nitrogens with one attached hydrogen (secondary N) is 8. The number of para-hydroxylation sites is 1. The number of piperidine rings is 1. The number of hydrogen-bond donors (Lipinski definition) is 9. The van der Waals surface area contributed by atoms with Gasteiger partial charge in [0.25, 0.3) is 11.8 Å². The number of rotatable bonds is 23. The van der Waals surface area contributed by atoms with Crippen LogP contribution in [0.3, 0.4) is 0 Å².